The lowest BCUT2D eigenvalue weighted by molar-refractivity contribution is -0.138. The number of ether oxygens (including phenoxy) is 1. The molecule has 0 bridgehead atoms. The molecular formula is C24H26F6NOP. The van der Waals surface area contributed by atoms with E-state index in [1.165, 1.54) is 18.2 Å². The Morgan fingerprint density at radius 2 is 1.52 bits per heavy atom. The highest BCUT2D eigenvalue weighted by atomic mass is 31.1. The molecule has 180 valence electrons. The fourth-order valence-corrected chi connectivity index (χ4v) is 4.95. The summed E-state index contributed by atoms with van der Waals surface area (Å²) in [5, 5.41) is 0.642. The molecule has 2 aromatic carbocycles. The first-order valence-electron chi connectivity index (χ1n) is 10.6. The standard InChI is InChI=1S/C24H26F6NOP/c1-5-18(14-6-8-15(9-7-14)23(25,26)27)33-19-11-10-16(24(28,29)30)12-17(19)21-31-20(13-32-21)22(2,3)4/h6-12,18,20,33H,5,13H2,1-4H3/t18?,20-/m1/s1. The van der Waals surface area contributed by atoms with Crippen molar-refractivity contribution in [2.45, 2.75) is 58.2 Å². The average molecular weight is 489 g/mol. The van der Waals surface area contributed by atoms with E-state index < -0.39 is 23.5 Å². The number of hydrogen-bond acceptors (Lipinski definition) is 2. The monoisotopic (exact) mass is 489 g/mol. The quantitative estimate of drug-likeness (QED) is 0.317. The first-order valence-corrected chi connectivity index (χ1v) is 11.6. The van der Waals surface area contributed by atoms with Gasteiger partial charge in [-0.3, -0.25) is 0 Å². The van der Waals surface area contributed by atoms with Gasteiger partial charge in [0, 0.05) is 11.2 Å². The fourth-order valence-electron chi connectivity index (χ4n) is 3.50. The zero-order valence-corrected chi connectivity index (χ0v) is 19.7. The number of halogens is 6. The second-order valence-corrected chi connectivity index (χ2v) is 10.6. The largest absolute Gasteiger partial charge is 0.475 e. The van der Waals surface area contributed by atoms with Crippen LogP contribution in [0.2, 0.25) is 0 Å². The second kappa shape index (κ2) is 9.28. The number of alkyl halides is 6. The van der Waals surface area contributed by atoms with Gasteiger partial charge < -0.3 is 4.74 Å². The Morgan fingerprint density at radius 1 is 0.939 bits per heavy atom. The van der Waals surface area contributed by atoms with Gasteiger partial charge >= 0.3 is 12.4 Å². The third-order valence-electron chi connectivity index (χ3n) is 5.61. The van der Waals surface area contributed by atoms with E-state index in [0.29, 0.717) is 22.9 Å². The molecule has 0 N–H and O–H groups in total. The van der Waals surface area contributed by atoms with E-state index in [9.17, 15) is 26.3 Å². The van der Waals surface area contributed by atoms with Crippen LogP contribution in [0, 0.1) is 5.41 Å². The van der Waals surface area contributed by atoms with Crippen molar-refractivity contribution in [2.24, 2.45) is 10.4 Å². The second-order valence-electron chi connectivity index (χ2n) is 9.11. The van der Waals surface area contributed by atoms with E-state index >= 15 is 0 Å². The summed E-state index contributed by atoms with van der Waals surface area (Å²) in [5.74, 6) is 0.186. The van der Waals surface area contributed by atoms with E-state index in [1.807, 2.05) is 27.7 Å². The molecule has 0 aromatic heterocycles. The zero-order valence-electron chi connectivity index (χ0n) is 18.7. The van der Waals surface area contributed by atoms with Crippen molar-refractivity contribution in [3.8, 4) is 0 Å². The van der Waals surface area contributed by atoms with Crippen molar-refractivity contribution >= 4 is 19.8 Å². The summed E-state index contributed by atoms with van der Waals surface area (Å²) < 4.78 is 84.7. The molecule has 3 atom stereocenters. The molecule has 1 aliphatic rings. The lowest BCUT2D eigenvalue weighted by Crippen LogP contribution is -2.25. The molecule has 1 heterocycles. The van der Waals surface area contributed by atoms with Gasteiger partial charge in [0.1, 0.15) is 6.61 Å². The number of hydrogen-bond donors (Lipinski definition) is 0. The molecule has 2 nitrogen and oxygen atoms in total. The summed E-state index contributed by atoms with van der Waals surface area (Å²) in [6, 6.07) is 8.28. The van der Waals surface area contributed by atoms with Crippen LogP contribution in [0.25, 0.3) is 0 Å². The predicted molar refractivity (Wildman–Crippen MR) is 120 cm³/mol. The van der Waals surface area contributed by atoms with Gasteiger partial charge in [0.25, 0.3) is 0 Å². The molecule has 0 radical (unpaired) electrons. The molecule has 2 aromatic rings. The molecule has 0 saturated carbocycles. The highest BCUT2D eigenvalue weighted by Crippen LogP contribution is 2.40. The predicted octanol–water partition coefficient (Wildman–Crippen LogP) is 7.37. The first kappa shape index (κ1) is 25.5. The van der Waals surface area contributed by atoms with E-state index in [0.717, 1.165) is 24.3 Å². The highest BCUT2D eigenvalue weighted by molar-refractivity contribution is 7.47. The van der Waals surface area contributed by atoms with Crippen LogP contribution in [0.1, 0.15) is 62.0 Å². The third-order valence-corrected chi connectivity index (χ3v) is 7.44. The molecule has 0 saturated heterocycles. The van der Waals surface area contributed by atoms with Crippen LogP contribution in [0.5, 0.6) is 0 Å². The van der Waals surface area contributed by atoms with Crippen molar-refractivity contribution in [1.82, 2.24) is 0 Å². The number of rotatable bonds is 5. The first-order chi connectivity index (χ1) is 15.2. The molecule has 0 aliphatic carbocycles. The third kappa shape index (κ3) is 6.08. The Morgan fingerprint density at radius 3 is 2.00 bits per heavy atom. The summed E-state index contributed by atoms with van der Waals surface area (Å²) in [7, 11) is 0.0311. The maximum Gasteiger partial charge on any atom is 0.416 e. The molecule has 1 aliphatic heterocycles. The smallest absolute Gasteiger partial charge is 0.416 e. The topological polar surface area (TPSA) is 21.6 Å². The summed E-state index contributed by atoms with van der Waals surface area (Å²) in [6.45, 7) is 8.14. The van der Waals surface area contributed by atoms with Crippen molar-refractivity contribution < 1.29 is 31.1 Å². The maximum atomic E-state index is 13.4. The highest BCUT2D eigenvalue weighted by Gasteiger charge is 2.35. The van der Waals surface area contributed by atoms with Gasteiger partial charge in [-0.1, -0.05) is 54.5 Å². The summed E-state index contributed by atoms with van der Waals surface area (Å²) >= 11 is 0. The zero-order chi connectivity index (χ0) is 24.6. The van der Waals surface area contributed by atoms with Crippen LogP contribution >= 0.6 is 8.58 Å². The Balaban J connectivity index is 1.98. The Labute approximate surface area is 191 Å². The van der Waals surface area contributed by atoms with Crippen LogP contribution in [-0.2, 0) is 17.1 Å². The molecule has 3 rings (SSSR count). The maximum absolute atomic E-state index is 13.4. The molecule has 9 heteroatoms. The molecular weight excluding hydrogens is 463 g/mol. The number of benzene rings is 2. The minimum absolute atomic E-state index is 0.0311. The van der Waals surface area contributed by atoms with E-state index in [1.54, 1.807) is 0 Å². The van der Waals surface area contributed by atoms with Crippen LogP contribution in [-0.4, -0.2) is 18.5 Å². The Kier molecular flexibility index (Phi) is 7.18. The van der Waals surface area contributed by atoms with E-state index in [2.05, 4.69) is 4.99 Å². The molecule has 0 spiro atoms. The summed E-state index contributed by atoms with van der Waals surface area (Å²) in [6.07, 6.45) is -8.33. The van der Waals surface area contributed by atoms with Gasteiger partial charge in [-0.25, -0.2) is 4.99 Å². The SMILES string of the molecule is CCC(Pc1ccc(C(F)(F)F)cc1C1=N[C@@H](C(C)(C)C)CO1)c1ccc(C(F)(F)F)cc1. The minimum atomic E-state index is -4.52. The van der Waals surface area contributed by atoms with Gasteiger partial charge in [-0.05, 0) is 47.0 Å². The van der Waals surface area contributed by atoms with Crippen molar-refractivity contribution in [1.29, 1.82) is 0 Å². The van der Waals surface area contributed by atoms with Gasteiger partial charge in [0.2, 0.25) is 5.90 Å². The van der Waals surface area contributed by atoms with Crippen LogP contribution in [0.15, 0.2) is 47.5 Å². The van der Waals surface area contributed by atoms with Crippen LogP contribution in [0.3, 0.4) is 0 Å². The fraction of sp³-hybridized carbons (Fsp3) is 0.458. The van der Waals surface area contributed by atoms with Crippen LogP contribution in [0.4, 0.5) is 26.3 Å². The van der Waals surface area contributed by atoms with Crippen molar-refractivity contribution in [2.75, 3.05) is 6.61 Å². The Hall–Kier alpha value is -2.08. The summed E-state index contributed by atoms with van der Waals surface area (Å²) in [5.41, 5.74) is -0.890. The number of aliphatic imine (C=N–C) groups is 1. The molecule has 0 amide bonds. The molecule has 0 fully saturated rings. The lowest BCUT2D eigenvalue weighted by atomic mass is 9.88. The minimum Gasteiger partial charge on any atom is -0.475 e. The van der Waals surface area contributed by atoms with Gasteiger partial charge in [0.05, 0.1) is 17.2 Å². The van der Waals surface area contributed by atoms with Gasteiger partial charge in [-0.15, -0.1) is 0 Å². The summed E-state index contributed by atoms with van der Waals surface area (Å²) in [4.78, 5) is 4.56. The average Bonchev–Trinajstić information content (AvgIpc) is 3.21. The molecule has 2 unspecified atom stereocenters. The number of nitrogens with zero attached hydrogens (tertiary/aromatic N) is 1. The van der Waals surface area contributed by atoms with Crippen molar-refractivity contribution in [3.63, 3.8) is 0 Å². The van der Waals surface area contributed by atoms with Gasteiger partial charge in [0.15, 0.2) is 0 Å². The van der Waals surface area contributed by atoms with Crippen molar-refractivity contribution in [3.05, 3.63) is 64.7 Å². The van der Waals surface area contributed by atoms with Gasteiger partial charge in [-0.2, -0.15) is 26.3 Å². The lowest BCUT2D eigenvalue weighted by Gasteiger charge is -2.21. The van der Waals surface area contributed by atoms with E-state index in [4.69, 9.17) is 4.74 Å². The van der Waals surface area contributed by atoms with Crippen LogP contribution < -0.4 is 5.30 Å². The van der Waals surface area contributed by atoms with E-state index in [-0.39, 0.29) is 38.2 Å². The normalized spacial score (nSPS) is 18.5. The molecule has 33 heavy (non-hydrogen) atoms. The Bertz CT molecular complexity index is 1010.